The van der Waals surface area contributed by atoms with E-state index in [9.17, 15) is 4.39 Å². The van der Waals surface area contributed by atoms with Crippen LogP contribution < -0.4 is 0 Å². The molecule has 1 rings (SSSR count). The van der Waals surface area contributed by atoms with E-state index in [0.717, 1.165) is 6.42 Å². The Balaban J connectivity index is 2.47. The van der Waals surface area contributed by atoms with Crippen molar-refractivity contribution in [2.75, 3.05) is 0 Å². The molecule has 1 aliphatic carbocycles. The van der Waals surface area contributed by atoms with Crippen LogP contribution in [0.2, 0.25) is 0 Å². The molecule has 0 saturated heterocycles. The second kappa shape index (κ2) is 4.44. The summed E-state index contributed by atoms with van der Waals surface area (Å²) in [6, 6.07) is 0. The normalized spacial score (nSPS) is 28.8. The van der Waals surface area contributed by atoms with Crippen LogP contribution in [0.15, 0.2) is 24.1 Å². The van der Waals surface area contributed by atoms with Gasteiger partial charge in [-0.2, -0.15) is 0 Å². The van der Waals surface area contributed by atoms with Gasteiger partial charge in [-0.15, -0.1) is 0 Å². The van der Waals surface area contributed by atoms with Gasteiger partial charge in [0.25, 0.3) is 0 Å². The topological polar surface area (TPSA) is 0 Å². The second-order valence-electron chi connectivity index (χ2n) is 3.58. The van der Waals surface area contributed by atoms with E-state index >= 15 is 0 Å². The zero-order valence-corrected chi connectivity index (χ0v) is 7.89. The SMILES string of the molecule is CCCCC1C=C(F)C=CC1C. The molecule has 0 nitrogen and oxygen atoms in total. The molecule has 0 fully saturated rings. The van der Waals surface area contributed by atoms with Crippen molar-refractivity contribution in [2.45, 2.75) is 33.1 Å². The van der Waals surface area contributed by atoms with Gasteiger partial charge in [0.05, 0.1) is 0 Å². The lowest BCUT2D eigenvalue weighted by molar-refractivity contribution is 0.439. The molecule has 0 bridgehead atoms. The first-order chi connectivity index (χ1) is 5.74. The summed E-state index contributed by atoms with van der Waals surface area (Å²) >= 11 is 0. The Morgan fingerprint density at radius 1 is 1.50 bits per heavy atom. The maximum Gasteiger partial charge on any atom is 0.119 e. The van der Waals surface area contributed by atoms with Crippen molar-refractivity contribution < 1.29 is 4.39 Å². The van der Waals surface area contributed by atoms with Gasteiger partial charge in [0.1, 0.15) is 5.83 Å². The maximum absolute atomic E-state index is 12.8. The van der Waals surface area contributed by atoms with Gasteiger partial charge in [-0.3, -0.25) is 0 Å². The molecule has 0 radical (unpaired) electrons. The standard InChI is InChI=1S/C11H17F/c1-3-4-5-10-8-11(12)7-6-9(10)2/h6-10H,3-5H2,1-2H3. The molecule has 68 valence electrons. The van der Waals surface area contributed by atoms with Gasteiger partial charge in [-0.25, -0.2) is 4.39 Å². The highest BCUT2D eigenvalue weighted by molar-refractivity contribution is 5.19. The minimum atomic E-state index is -0.0609. The molecule has 0 aliphatic heterocycles. The molecular weight excluding hydrogens is 151 g/mol. The average molecular weight is 168 g/mol. The van der Waals surface area contributed by atoms with E-state index in [-0.39, 0.29) is 5.83 Å². The lowest BCUT2D eigenvalue weighted by Gasteiger charge is -2.20. The summed E-state index contributed by atoms with van der Waals surface area (Å²) in [5.41, 5.74) is 0. The quantitative estimate of drug-likeness (QED) is 0.600. The highest BCUT2D eigenvalue weighted by Crippen LogP contribution is 2.27. The van der Waals surface area contributed by atoms with Gasteiger partial charge in [-0.1, -0.05) is 32.8 Å². The third-order valence-electron chi connectivity index (χ3n) is 2.50. The first kappa shape index (κ1) is 9.50. The van der Waals surface area contributed by atoms with Crippen LogP contribution in [-0.2, 0) is 0 Å². The van der Waals surface area contributed by atoms with Crippen LogP contribution in [0.3, 0.4) is 0 Å². The predicted molar refractivity (Wildman–Crippen MR) is 50.5 cm³/mol. The van der Waals surface area contributed by atoms with Crippen molar-refractivity contribution in [3.05, 3.63) is 24.1 Å². The van der Waals surface area contributed by atoms with Crippen molar-refractivity contribution in [2.24, 2.45) is 11.8 Å². The molecule has 1 heteroatoms. The van der Waals surface area contributed by atoms with Crippen molar-refractivity contribution in [1.82, 2.24) is 0 Å². The molecule has 0 aromatic carbocycles. The average Bonchev–Trinajstić information content (AvgIpc) is 2.07. The minimum absolute atomic E-state index is 0.0609. The fourth-order valence-electron chi connectivity index (χ4n) is 1.58. The number of unbranched alkanes of at least 4 members (excludes halogenated alkanes) is 1. The summed E-state index contributed by atoms with van der Waals surface area (Å²) in [6.07, 6.45) is 8.83. The summed E-state index contributed by atoms with van der Waals surface area (Å²) in [5, 5.41) is 0. The van der Waals surface area contributed by atoms with Crippen molar-refractivity contribution in [3.8, 4) is 0 Å². The zero-order chi connectivity index (χ0) is 8.97. The number of allylic oxidation sites excluding steroid dienone is 4. The monoisotopic (exact) mass is 168 g/mol. The number of halogens is 1. The van der Waals surface area contributed by atoms with E-state index in [4.69, 9.17) is 0 Å². The predicted octanol–water partition coefficient (Wildman–Crippen LogP) is 3.85. The summed E-state index contributed by atoms with van der Waals surface area (Å²) in [6.45, 7) is 4.32. The first-order valence-corrected chi connectivity index (χ1v) is 4.79. The van der Waals surface area contributed by atoms with Crippen molar-refractivity contribution in [1.29, 1.82) is 0 Å². The molecular formula is C11H17F. The fourth-order valence-corrected chi connectivity index (χ4v) is 1.58. The Hall–Kier alpha value is -0.590. The van der Waals surface area contributed by atoms with E-state index < -0.39 is 0 Å². The third-order valence-corrected chi connectivity index (χ3v) is 2.50. The largest absolute Gasteiger partial charge is 0.207 e. The maximum atomic E-state index is 12.8. The molecule has 2 unspecified atom stereocenters. The Morgan fingerprint density at radius 3 is 2.92 bits per heavy atom. The van der Waals surface area contributed by atoms with Gasteiger partial charge in [0.15, 0.2) is 0 Å². The van der Waals surface area contributed by atoms with Gasteiger partial charge in [-0.05, 0) is 30.4 Å². The van der Waals surface area contributed by atoms with E-state index in [1.807, 2.05) is 6.08 Å². The number of hydrogen-bond donors (Lipinski definition) is 0. The summed E-state index contributed by atoms with van der Waals surface area (Å²) < 4.78 is 12.8. The van der Waals surface area contributed by atoms with E-state index in [1.165, 1.54) is 12.8 Å². The molecule has 0 aromatic rings. The molecule has 0 aromatic heterocycles. The van der Waals surface area contributed by atoms with Gasteiger partial charge in [0.2, 0.25) is 0 Å². The number of rotatable bonds is 3. The summed E-state index contributed by atoms with van der Waals surface area (Å²) in [7, 11) is 0. The Bertz CT molecular complexity index is 191. The summed E-state index contributed by atoms with van der Waals surface area (Å²) in [5.74, 6) is 0.875. The van der Waals surface area contributed by atoms with E-state index in [1.54, 1.807) is 12.2 Å². The molecule has 2 atom stereocenters. The third kappa shape index (κ3) is 2.47. The van der Waals surface area contributed by atoms with Gasteiger partial charge >= 0.3 is 0 Å². The van der Waals surface area contributed by atoms with Crippen molar-refractivity contribution >= 4 is 0 Å². The Morgan fingerprint density at radius 2 is 2.25 bits per heavy atom. The second-order valence-corrected chi connectivity index (χ2v) is 3.58. The molecule has 0 spiro atoms. The smallest absolute Gasteiger partial charge is 0.119 e. The lowest BCUT2D eigenvalue weighted by Crippen LogP contribution is -2.09. The molecule has 12 heavy (non-hydrogen) atoms. The molecule has 0 heterocycles. The molecule has 0 N–H and O–H groups in total. The van der Waals surface area contributed by atoms with E-state index in [2.05, 4.69) is 13.8 Å². The molecule has 1 aliphatic rings. The van der Waals surface area contributed by atoms with Crippen LogP contribution >= 0.6 is 0 Å². The van der Waals surface area contributed by atoms with Crippen LogP contribution in [0.1, 0.15) is 33.1 Å². The van der Waals surface area contributed by atoms with Gasteiger partial charge in [0, 0.05) is 0 Å². The fraction of sp³-hybridized carbons (Fsp3) is 0.636. The van der Waals surface area contributed by atoms with E-state index in [0.29, 0.717) is 11.8 Å². The molecule has 0 amide bonds. The van der Waals surface area contributed by atoms with Crippen LogP contribution in [-0.4, -0.2) is 0 Å². The van der Waals surface area contributed by atoms with Gasteiger partial charge < -0.3 is 0 Å². The lowest BCUT2D eigenvalue weighted by atomic mass is 9.86. The summed E-state index contributed by atoms with van der Waals surface area (Å²) in [4.78, 5) is 0. The van der Waals surface area contributed by atoms with Crippen LogP contribution in [0.25, 0.3) is 0 Å². The van der Waals surface area contributed by atoms with Crippen LogP contribution in [0.4, 0.5) is 4.39 Å². The van der Waals surface area contributed by atoms with Crippen molar-refractivity contribution in [3.63, 3.8) is 0 Å². The Labute approximate surface area is 74.2 Å². The number of hydrogen-bond acceptors (Lipinski definition) is 0. The minimum Gasteiger partial charge on any atom is -0.207 e. The molecule has 0 saturated carbocycles. The zero-order valence-electron chi connectivity index (χ0n) is 7.89. The van der Waals surface area contributed by atoms with Crippen LogP contribution in [0, 0.1) is 11.8 Å². The highest BCUT2D eigenvalue weighted by atomic mass is 19.1. The highest BCUT2D eigenvalue weighted by Gasteiger charge is 2.15. The Kier molecular flexibility index (Phi) is 3.51. The van der Waals surface area contributed by atoms with Crippen LogP contribution in [0.5, 0.6) is 0 Å². The first-order valence-electron chi connectivity index (χ1n) is 4.79.